The molecule has 0 fully saturated rings. The summed E-state index contributed by atoms with van der Waals surface area (Å²) in [7, 11) is 0. The fourth-order valence-corrected chi connectivity index (χ4v) is 5.59. The van der Waals surface area contributed by atoms with Gasteiger partial charge in [0.2, 0.25) is 0 Å². The molecule has 3 heterocycles. The molecule has 5 rings (SSSR count). The summed E-state index contributed by atoms with van der Waals surface area (Å²) in [4.78, 5) is 31.9. The second kappa shape index (κ2) is 10.8. The lowest BCUT2D eigenvalue weighted by atomic mass is 9.96. The summed E-state index contributed by atoms with van der Waals surface area (Å²) in [5.41, 5.74) is 2.15. The quantitative estimate of drug-likeness (QED) is 0.300. The lowest BCUT2D eigenvalue weighted by molar-refractivity contribution is -0.139. The van der Waals surface area contributed by atoms with E-state index >= 15 is 0 Å². The standard InChI is InChI=1S/C29H25ClN2O5S/c1-4-35-21-11-9-18(10-12-21)26-25(28(34)36-5-2)17(3)31-29-32(26)27(33)24(38-29)16-22-13-14-23(37-22)19-7-6-8-20(30)15-19/h6-16,26H,4-5H2,1-3H3/b24-16-/t26-/m0/s1. The zero-order chi connectivity index (χ0) is 26.8. The average molecular weight is 549 g/mol. The number of fused-ring (bicyclic) bond motifs is 1. The summed E-state index contributed by atoms with van der Waals surface area (Å²) < 4.78 is 18.9. The van der Waals surface area contributed by atoms with Crippen molar-refractivity contribution in [2.24, 2.45) is 4.99 Å². The summed E-state index contributed by atoms with van der Waals surface area (Å²) in [6, 6.07) is 17.7. The number of hydrogen-bond donors (Lipinski definition) is 0. The zero-order valence-electron chi connectivity index (χ0n) is 21.1. The molecular formula is C29H25ClN2O5S. The van der Waals surface area contributed by atoms with Gasteiger partial charge in [0.25, 0.3) is 5.56 Å². The Balaban J connectivity index is 1.62. The SMILES string of the molecule is CCOC(=O)C1=C(C)N=c2s/c(=C\c3ccc(-c4cccc(Cl)c4)o3)c(=O)n2[C@H]1c1ccc(OCC)cc1. The van der Waals surface area contributed by atoms with Crippen LogP contribution in [0.2, 0.25) is 5.02 Å². The number of thiazole rings is 1. The van der Waals surface area contributed by atoms with E-state index in [1.807, 2.05) is 55.5 Å². The molecule has 4 aromatic rings. The molecule has 0 saturated heterocycles. The number of hydrogen-bond acceptors (Lipinski definition) is 7. The van der Waals surface area contributed by atoms with Crippen molar-refractivity contribution < 1.29 is 18.7 Å². The fourth-order valence-electron chi connectivity index (χ4n) is 4.38. The highest BCUT2D eigenvalue weighted by Crippen LogP contribution is 2.32. The molecule has 0 spiro atoms. The number of ether oxygens (including phenoxy) is 2. The predicted molar refractivity (Wildman–Crippen MR) is 147 cm³/mol. The number of carbonyl (C=O) groups is 1. The molecule has 0 amide bonds. The molecule has 7 nitrogen and oxygen atoms in total. The predicted octanol–water partition coefficient (Wildman–Crippen LogP) is 5.11. The van der Waals surface area contributed by atoms with Crippen molar-refractivity contribution in [3.63, 3.8) is 0 Å². The first kappa shape index (κ1) is 25.8. The monoisotopic (exact) mass is 548 g/mol. The summed E-state index contributed by atoms with van der Waals surface area (Å²) in [6.45, 7) is 6.16. The molecular weight excluding hydrogens is 524 g/mol. The Morgan fingerprint density at radius 3 is 2.63 bits per heavy atom. The molecule has 2 aromatic carbocycles. The van der Waals surface area contributed by atoms with Gasteiger partial charge in [0.1, 0.15) is 17.3 Å². The Kier molecular flexibility index (Phi) is 7.35. The molecule has 38 heavy (non-hydrogen) atoms. The molecule has 0 bridgehead atoms. The third kappa shape index (κ3) is 4.97. The van der Waals surface area contributed by atoms with Gasteiger partial charge < -0.3 is 13.9 Å². The van der Waals surface area contributed by atoms with Crippen molar-refractivity contribution in [3.8, 4) is 17.1 Å². The van der Waals surface area contributed by atoms with Crippen LogP contribution >= 0.6 is 22.9 Å². The van der Waals surface area contributed by atoms with E-state index in [2.05, 4.69) is 4.99 Å². The average Bonchev–Trinajstić information content (AvgIpc) is 3.48. The van der Waals surface area contributed by atoms with Gasteiger partial charge in [-0.3, -0.25) is 9.36 Å². The van der Waals surface area contributed by atoms with Crippen LogP contribution in [0.1, 0.15) is 38.1 Å². The van der Waals surface area contributed by atoms with Gasteiger partial charge >= 0.3 is 5.97 Å². The van der Waals surface area contributed by atoms with E-state index in [4.69, 9.17) is 25.5 Å². The topological polar surface area (TPSA) is 83.0 Å². The minimum Gasteiger partial charge on any atom is -0.494 e. The van der Waals surface area contributed by atoms with Crippen molar-refractivity contribution in [3.05, 3.63) is 108 Å². The number of rotatable bonds is 7. The van der Waals surface area contributed by atoms with E-state index in [-0.39, 0.29) is 12.2 Å². The van der Waals surface area contributed by atoms with E-state index in [9.17, 15) is 9.59 Å². The van der Waals surface area contributed by atoms with Crippen LogP contribution in [0.15, 0.2) is 86.1 Å². The van der Waals surface area contributed by atoms with Crippen LogP contribution in [0.5, 0.6) is 5.75 Å². The summed E-state index contributed by atoms with van der Waals surface area (Å²) in [5, 5.41) is 0.607. The number of nitrogens with zero attached hydrogens (tertiary/aromatic N) is 2. The molecule has 0 saturated carbocycles. The highest BCUT2D eigenvalue weighted by Gasteiger charge is 2.33. The minimum atomic E-state index is -0.693. The van der Waals surface area contributed by atoms with Gasteiger partial charge in [-0.2, -0.15) is 0 Å². The second-order valence-corrected chi connectivity index (χ2v) is 9.96. The molecule has 1 aliphatic heterocycles. The van der Waals surface area contributed by atoms with Crippen molar-refractivity contribution >= 4 is 35.0 Å². The lowest BCUT2D eigenvalue weighted by Gasteiger charge is -2.24. The summed E-state index contributed by atoms with van der Waals surface area (Å²) >= 11 is 7.36. The lowest BCUT2D eigenvalue weighted by Crippen LogP contribution is -2.39. The number of allylic oxidation sites excluding steroid dienone is 1. The van der Waals surface area contributed by atoms with E-state index in [0.29, 0.717) is 49.5 Å². The van der Waals surface area contributed by atoms with Crippen LogP contribution in [0.3, 0.4) is 0 Å². The first-order valence-corrected chi connectivity index (χ1v) is 13.4. The van der Waals surface area contributed by atoms with E-state index in [0.717, 1.165) is 11.1 Å². The van der Waals surface area contributed by atoms with E-state index in [1.54, 1.807) is 36.6 Å². The normalized spacial score (nSPS) is 15.3. The third-order valence-corrected chi connectivity index (χ3v) is 7.25. The van der Waals surface area contributed by atoms with Gasteiger partial charge in [-0.1, -0.05) is 47.2 Å². The van der Waals surface area contributed by atoms with E-state index in [1.165, 1.54) is 11.3 Å². The van der Waals surface area contributed by atoms with Crippen LogP contribution in [-0.4, -0.2) is 23.8 Å². The van der Waals surface area contributed by atoms with Crippen molar-refractivity contribution in [1.82, 2.24) is 4.57 Å². The van der Waals surface area contributed by atoms with Crippen LogP contribution < -0.4 is 19.6 Å². The number of furan rings is 1. The van der Waals surface area contributed by atoms with Gasteiger partial charge in [0, 0.05) is 16.7 Å². The Morgan fingerprint density at radius 1 is 1.13 bits per heavy atom. The van der Waals surface area contributed by atoms with Gasteiger partial charge in [-0.25, -0.2) is 9.79 Å². The molecule has 9 heteroatoms. The maximum atomic E-state index is 13.7. The smallest absolute Gasteiger partial charge is 0.338 e. The number of aromatic nitrogens is 1. The van der Waals surface area contributed by atoms with Gasteiger partial charge in [-0.05, 0) is 62.7 Å². The van der Waals surface area contributed by atoms with Crippen LogP contribution in [0.4, 0.5) is 0 Å². The first-order chi connectivity index (χ1) is 18.4. The maximum absolute atomic E-state index is 13.7. The van der Waals surface area contributed by atoms with Crippen molar-refractivity contribution in [2.45, 2.75) is 26.8 Å². The second-order valence-electron chi connectivity index (χ2n) is 8.52. The van der Waals surface area contributed by atoms with Crippen molar-refractivity contribution in [1.29, 1.82) is 0 Å². The van der Waals surface area contributed by atoms with Crippen LogP contribution in [0.25, 0.3) is 17.4 Å². The third-order valence-electron chi connectivity index (χ3n) is 6.03. The largest absolute Gasteiger partial charge is 0.494 e. The Labute approximate surface area is 227 Å². The molecule has 194 valence electrons. The number of halogens is 1. The Morgan fingerprint density at radius 2 is 1.92 bits per heavy atom. The van der Waals surface area contributed by atoms with Gasteiger partial charge in [0.05, 0.1) is 35.1 Å². The van der Waals surface area contributed by atoms with Gasteiger partial charge in [0.15, 0.2) is 4.80 Å². The molecule has 0 unspecified atom stereocenters. The number of carbonyl (C=O) groups excluding carboxylic acids is 1. The molecule has 1 atom stereocenters. The highest BCUT2D eigenvalue weighted by molar-refractivity contribution is 7.07. The number of esters is 1. The molecule has 0 radical (unpaired) electrons. The fraction of sp³-hybridized carbons (Fsp3) is 0.207. The van der Waals surface area contributed by atoms with Gasteiger partial charge in [-0.15, -0.1) is 0 Å². The highest BCUT2D eigenvalue weighted by atomic mass is 35.5. The minimum absolute atomic E-state index is 0.212. The summed E-state index contributed by atoms with van der Waals surface area (Å²) in [5.74, 6) is 1.36. The first-order valence-electron chi connectivity index (χ1n) is 12.2. The van der Waals surface area contributed by atoms with E-state index < -0.39 is 12.0 Å². The Hall–Kier alpha value is -3.88. The van der Waals surface area contributed by atoms with Crippen LogP contribution in [-0.2, 0) is 9.53 Å². The zero-order valence-corrected chi connectivity index (χ0v) is 22.6. The van der Waals surface area contributed by atoms with Crippen LogP contribution in [0, 0.1) is 0 Å². The number of benzene rings is 2. The molecule has 2 aromatic heterocycles. The molecule has 1 aliphatic rings. The van der Waals surface area contributed by atoms with Crippen molar-refractivity contribution in [2.75, 3.05) is 13.2 Å². The summed E-state index contributed by atoms with van der Waals surface area (Å²) in [6.07, 6.45) is 1.69. The maximum Gasteiger partial charge on any atom is 0.338 e. The molecule has 0 N–H and O–H groups in total. The Bertz CT molecular complexity index is 1710. The molecule has 0 aliphatic carbocycles.